The first-order valence-electron chi connectivity index (χ1n) is 7.64. The van der Waals surface area contributed by atoms with Crippen LogP contribution in [0.1, 0.15) is 45.5 Å². The molecule has 116 valence electrons. The Morgan fingerprint density at radius 1 is 1.30 bits per heavy atom. The van der Waals surface area contributed by atoms with Crippen LogP contribution in [0, 0.1) is 0 Å². The maximum Gasteiger partial charge on any atom is 0.0850 e. The van der Waals surface area contributed by atoms with E-state index in [1.54, 1.807) is 0 Å². The zero-order chi connectivity index (χ0) is 15.1. The minimum absolute atomic E-state index is 0.205. The summed E-state index contributed by atoms with van der Waals surface area (Å²) in [6, 6.07) is 0.266. The van der Waals surface area contributed by atoms with Gasteiger partial charge in [-0.25, -0.2) is 0 Å². The van der Waals surface area contributed by atoms with Crippen molar-refractivity contribution in [1.82, 2.24) is 15.1 Å². The lowest BCUT2D eigenvalue weighted by atomic mass is 10.0. The first-order chi connectivity index (χ1) is 9.58. The molecule has 0 aliphatic carbocycles. The van der Waals surface area contributed by atoms with Crippen LogP contribution < -0.4 is 5.32 Å². The number of nitrogens with one attached hydrogen (secondary N) is 1. The summed E-state index contributed by atoms with van der Waals surface area (Å²) in [7, 11) is 1.96. The number of hydrogen-bond donors (Lipinski definition) is 1. The molecule has 0 aliphatic rings. The van der Waals surface area contributed by atoms with Crippen LogP contribution in [0.15, 0.2) is 0 Å². The van der Waals surface area contributed by atoms with Crippen LogP contribution >= 0.6 is 11.6 Å². The highest BCUT2D eigenvalue weighted by Crippen LogP contribution is 2.23. The van der Waals surface area contributed by atoms with Gasteiger partial charge in [0.2, 0.25) is 0 Å². The maximum absolute atomic E-state index is 6.45. The molecule has 0 fully saturated rings. The minimum Gasteiger partial charge on any atom is -0.377 e. The fourth-order valence-electron chi connectivity index (χ4n) is 2.58. The average Bonchev–Trinajstić information content (AvgIpc) is 2.71. The van der Waals surface area contributed by atoms with E-state index in [2.05, 4.69) is 31.2 Å². The Labute approximate surface area is 127 Å². The summed E-state index contributed by atoms with van der Waals surface area (Å²) in [4.78, 5) is 0. The lowest BCUT2D eigenvalue weighted by molar-refractivity contribution is 0.0319. The van der Waals surface area contributed by atoms with Gasteiger partial charge in [0.15, 0.2) is 0 Å². The molecule has 1 aromatic rings. The highest BCUT2D eigenvalue weighted by molar-refractivity contribution is 6.31. The van der Waals surface area contributed by atoms with Gasteiger partial charge in [-0.2, -0.15) is 5.10 Å². The van der Waals surface area contributed by atoms with E-state index in [0.29, 0.717) is 0 Å². The summed E-state index contributed by atoms with van der Waals surface area (Å²) in [5.41, 5.74) is 2.07. The van der Waals surface area contributed by atoms with E-state index in [0.717, 1.165) is 48.8 Å². The van der Waals surface area contributed by atoms with Crippen molar-refractivity contribution < 1.29 is 4.74 Å². The van der Waals surface area contributed by atoms with Crippen LogP contribution in [0.25, 0.3) is 0 Å². The van der Waals surface area contributed by atoms with Crippen LogP contribution in [-0.4, -0.2) is 35.1 Å². The van der Waals surface area contributed by atoms with Crippen molar-refractivity contribution in [2.75, 3.05) is 13.2 Å². The van der Waals surface area contributed by atoms with Crippen molar-refractivity contribution in [2.45, 2.75) is 59.1 Å². The summed E-state index contributed by atoms with van der Waals surface area (Å²) < 4.78 is 7.76. The molecule has 1 rings (SSSR count). The highest BCUT2D eigenvalue weighted by atomic mass is 35.5. The molecule has 2 atom stereocenters. The SMILES string of the molecule is CCNC(Cc1c(Cl)c(CC)nn1C)C(CC)OCC. The van der Waals surface area contributed by atoms with Gasteiger partial charge in [-0.15, -0.1) is 0 Å². The first-order valence-corrected chi connectivity index (χ1v) is 8.01. The van der Waals surface area contributed by atoms with Gasteiger partial charge >= 0.3 is 0 Å². The van der Waals surface area contributed by atoms with E-state index in [4.69, 9.17) is 16.3 Å². The standard InChI is InChI=1S/C15H28ClN3O/c1-6-11-15(16)13(19(5)18-11)10-12(17-8-3)14(7-2)20-9-4/h12,14,17H,6-10H2,1-5H3. The number of rotatable bonds is 9. The topological polar surface area (TPSA) is 39.1 Å². The third kappa shape index (κ3) is 4.21. The molecule has 0 saturated heterocycles. The number of halogens is 1. The van der Waals surface area contributed by atoms with Crippen molar-refractivity contribution in [2.24, 2.45) is 7.05 Å². The second-order valence-electron chi connectivity index (χ2n) is 4.95. The molecule has 2 unspecified atom stereocenters. The number of aryl methyl sites for hydroxylation is 2. The summed E-state index contributed by atoms with van der Waals surface area (Å²) in [6.07, 6.45) is 2.90. The Morgan fingerprint density at radius 3 is 2.45 bits per heavy atom. The van der Waals surface area contributed by atoms with Gasteiger partial charge in [-0.05, 0) is 26.3 Å². The van der Waals surface area contributed by atoms with Gasteiger partial charge in [0.1, 0.15) is 0 Å². The van der Waals surface area contributed by atoms with E-state index in [9.17, 15) is 0 Å². The monoisotopic (exact) mass is 301 g/mol. The van der Waals surface area contributed by atoms with Gasteiger partial charge < -0.3 is 10.1 Å². The molecule has 0 spiro atoms. The molecular formula is C15H28ClN3O. The molecule has 0 aromatic carbocycles. The first kappa shape index (κ1) is 17.5. The summed E-state index contributed by atoms with van der Waals surface area (Å²) in [5.74, 6) is 0. The lowest BCUT2D eigenvalue weighted by Gasteiger charge is -2.27. The van der Waals surface area contributed by atoms with E-state index in [1.807, 2.05) is 18.7 Å². The van der Waals surface area contributed by atoms with E-state index in [-0.39, 0.29) is 12.1 Å². The van der Waals surface area contributed by atoms with Gasteiger partial charge in [0, 0.05) is 26.1 Å². The predicted molar refractivity (Wildman–Crippen MR) is 84.5 cm³/mol. The third-order valence-corrected chi connectivity index (χ3v) is 4.05. The summed E-state index contributed by atoms with van der Waals surface area (Å²) >= 11 is 6.45. The fourth-order valence-corrected chi connectivity index (χ4v) is 2.95. The van der Waals surface area contributed by atoms with Crippen molar-refractivity contribution in [3.05, 3.63) is 16.4 Å². The van der Waals surface area contributed by atoms with Gasteiger partial charge in [0.05, 0.1) is 22.5 Å². The van der Waals surface area contributed by atoms with Crippen molar-refractivity contribution >= 4 is 11.6 Å². The Kier molecular flexibility index (Phi) is 7.56. The largest absolute Gasteiger partial charge is 0.377 e. The van der Waals surface area contributed by atoms with E-state index >= 15 is 0 Å². The molecule has 0 amide bonds. The molecule has 5 heteroatoms. The zero-order valence-corrected chi connectivity index (χ0v) is 14.1. The highest BCUT2D eigenvalue weighted by Gasteiger charge is 2.23. The van der Waals surface area contributed by atoms with Crippen molar-refractivity contribution in [1.29, 1.82) is 0 Å². The third-order valence-electron chi connectivity index (χ3n) is 3.61. The lowest BCUT2D eigenvalue weighted by Crippen LogP contribution is -2.43. The van der Waals surface area contributed by atoms with Crippen LogP contribution in [0.3, 0.4) is 0 Å². The Hall–Kier alpha value is -0.580. The van der Waals surface area contributed by atoms with Crippen LogP contribution in [-0.2, 0) is 24.6 Å². The number of aromatic nitrogens is 2. The Balaban J connectivity index is 2.92. The average molecular weight is 302 g/mol. The van der Waals surface area contributed by atoms with Gasteiger partial charge in [-0.3, -0.25) is 4.68 Å². The smallest absolute Gasteiger partial charge is 0.0850 e. The van der Waals surface area contributed by atoms with E-state index in [1.165, 1.54) is 0 Å². The molecule has 1 aromatic heterocycles. The number of ether oxygens (including phenoxy) is 1. The normalized spacial score (nSPS) is 14.5. The minimum atomic E-state index is 0.205. The summed E-state index contributed by atoms with van der Waals surface area (Å²) in [6.45, 7) is 10.1. The Morgan fingerprint density at radius 2 is 2.00 bits per heavy atom. The number of nitrogens with zero attached hydrogens (tertiary/aromatic N) is 2. The Bertz CT molecular complexity index is 406. The second-order valence-corrected chi connectivity index (χ2v) is 5.33. The predicted octanol–water partition coefficient (Wildman–Crippen LogP) is 2.97. The molecule has 4 nitrogen and oxygen atoms in total. The van der Waals surface area contributed by atoms with E-state index < -0.39 is 0 Å². The van der Waals surface area contributed by atoms with Crippen LogP contribution in [0.5, 0.6) is 0 Å². The number of hydrogen-bond acceptors (Lipinski definition) is 3. The van der Waals surface area contributed by atoms with Gasteiger partial charge in [-0.1, -0.05) is 32.4 Å². The molecular weight excluding hydrogens is 274 g/mol. The van der Waals surface area contributed by atoms with Crippen LogP contribution in [0.2, 0.25) is 5.02 Å². The van der Waals surface area contributed by atoms with Gasteiger partial charge in [0.25, 0.3) is 0 Å². The fraction of sp³-hybridized carbons (Fsp3) is 0.800. The molecule has 20 heavy (non-hydrogen) atoms. The second kappa shape index (κ2) is 8.65. The number of likely N-dealkylation sites (N-methyl/N-ethyl adjacent to an activating group) is 1. The quantitative estimate of drug-likeness (QED) is 0.762. The zero-order valence-electron chi connectivity index (χ0n) is 13.4. The molecule has 0 aliphatic heterocycles. The molecule has 1 N–H and O–H groups in total. The molecule has 1 heterocycles. The molecule has 0 bridgehead atoms. The summed E-state index contributed by atoms with van der Waals surface area (Å²) in [5, 5.41) is 8.82. The van der Waals surface area contributed by atoms with Crippen molar-refractivity contribution in [3.8, 4) is 0 Å². The maximum atomic E-state index is 6.45. The van der Waals surface area contributed by atoms with Crippen molar-refractivity contribution in [3.63, 3.8) is 0 Å². The van der Waals surface area contributed by atoms with Crippen LogP contribution in [0.4, 0.5) is 0 Å². The molecule has 0 radical (unpaired) electrons. The molecule has 0 saturated carbocycles.